The minimum absolute atomic E-state index is 0.0653. The summed E-state index contributed by atoms with van der Waals surface area (Å²) < 4.78 is 1.95. The van der Waals surface area contributed by atoms with Crippen molar-refractivity contribution in [2.45, 2.75) is 37.9 Å². The lowest BCUT2D eigenvalue weighted by molar-refractivity contribution is 0.102. The van der Waals surface area contributed by atoms with E-state index in [2.05, 4.69) is 37.9 Å². The molecular formula is C25H32N6OS. The number of anilines is 2. The molecule has 1 saturated heterocycles. The zero-order chi connectivity index (χ0) is 23.2. The van der Waals surface area contributed by atoms with Gasteiger partial charge in [0.15, 0.2) is 5.16 Å². The number of benzene rings is 2. The van der Waals surface area contributed by atoms with Gasteiger partial charge in [-0.2, -0.15) is 0 Å². The van der Waals surface area contributed by atoms with E-state index in [1.165, 1.54) is 5.69 Å². The second-order valence-corrected chi connectivity index (χ2v) is 9.67. The lowest BCUT2D eigenvalue weighted by Crippen LogP contribution is -2.43. The average Bonchev–Trinajstić information content (AvgIpc) is 3.22. The molecule has 1 aromatic heterocycles. The number of hydrogen-bond donors (Lipinski definition) is 2. The summed E-state index contributed by atoms with van der Waals surface area (Å²) in [6, 6.07) is 14.6. The highest BCUT2D eigenvalue weighted by Gasteiger charge is 2.19. The highest BCUT2D eigenvalue weighted by Crippen LogP contribution is 2.23. The maximum Gasteiger partial charge on any atom is 0.255 e. The first kappa shape index (κ1) is 23.3. The lowest BCUT2D eigenvalue weighted by atomic mass is 10.0. The highest BCUT2D eigenvalue weighted by atomic mass is 32.2. The molecule has 7 nitrogen and oxygen atoms in total. The minimum Gasteiger partial charge on any atom is -0.371 e. The van der Waals surface area contributed by atoms with Crippen LogP contribution in [0.2, 0.25) is 0 Å². The van der Waals surface area contributed by atoms with Crippen LogP contribution in [0, 0.1) is 13.8 Å². The Kier molecular flexibility index (Phi) is 7.67. The molecule has 1 aliphatic heterocycles. The second-order valence-electron chi connectivity index (χ2n) is 8.61. The van der Waals surface area contributed by atoms with Gasteiger partial charge in [-0.1, -0.05) is 29.5 Å². The van der Waals surface area contributed by atoms with Gasteiger partial charge in [-0.25, -0.2) is 0 Å². The van der Waals surface area contributed by atoms with Crippen molar-refractivity contribution in [3.63, 3.8) is 0 Å². The number of thioether (sulfide) groups is 1. The fourth-order valence-electron chi connectivity index (χ4n) is 4.17. The SMILES string of the molecule is Cc1ccc(C(=O)Nc2ccc(N3CCC(NCCSc4nncn4C)CC3)cc2)c(C)c1. The van der Waals surface area contributed by atoms with Gasteiger partial charge in [0, 0.05) is 55.4 Å². The van der Waals surface area contributed by atoms with E-state index in [4.69, 9.17) is 0 Å². The molecule has 3 aromatic rings. The molecule has 8 heteroatoms. The first-order valence-electron chi connectivity index (χ1n) is 11.4. The molecule has 0 aliphatic carbocycles. The van der Waals surface area contributed by atoms with Crippen LogP contribution in [0.25, 0.3) is 0 Å². The van der Waals surface area contributed by atoms with Crippen molar-refractivity contribution in [1.82, 2.24) is 20.1 Å². The van der Waals surface area contributed by atoms with Crippen molar-refractivity contribution in [3.8, 4) is 0 Å². The van der Waals surface area contributed by atoms with Crippen LogP contribution in [-0.4, -0.2) is 52.1 Å². The summed E-state index contributed by atoms with van der Waals surface area (Å²) in [7, 11) is 1.97. The maximum absolute atomic E-state index is 12.6. The molecule has 0 saturated carbocycles. The molecule has 2 aromatic carbocycles. The molecule has 33 heavy (non-hydrogen) atoms. The van der Waals surface area contributed by atoms with Gasteiger partial charge in [0.2, 0.25) is 0 Å². The molecule has 0 unspecified atom stereocenters. The standard InChI is InChI=1S/C25H32N6OS/c1-18-4-9-23(19(2)16-18)24(32)28-21-5-7-22(8-6-21)31-13-10-20(11-14-31)26-12-15-33-25-29-27-17-30(25)3/h4-9,16-17,20,26H,10-15H2,1-3H3,(H,28,32). The molecular weight excluding hydrogens is 432 g/mol. The molecule has 174 valence electrons. The fraction of sp³-hybridized carbons (Fsp3) is 0.400. The van der Waals surface area contributed by atoms with E-state index < -0.39 is 0 Å². The van der Waals surface area contributed by atoms with Crippen LogP contribution >= 0.6 is 11.8 Å². The number of nitrogens with zero attached hydrogens (tertiary/aromatic N) is 4. The van der Waals surface area contributed by atoms with Crippen molar-refractivity contribution in [3.05, 3.63) is 65.5 Å². The first-order valence-corrected chi connectivity index (χ1v) is 12.4. The molecule has 0 atom stereocenters. The number of carbonyl (C=O) groups excluding carboxylic acids is 1. The predicted molar refractivity (Wildman–Crippen MR) is 135 cm³/mol. The number of aromatic nitrogens is 3. The average molecular weight is 465 g/mol. The Morgan fingerprint density at radius 2 is 1.88 bits per heavy atom. The molecule has 2 N–H and O–H groups in total. The summed E-state index contributed by atoms with van der Waals surface area (Å²) in [5.41, 5.74) is 4.90. The fourth-order valence-corrected chi connectivity index (χ4v) is 4.93. The second kappa shape index (κ2) is 10.9. The quantitative estimate of drug-likeness (QED) is 0.387. The number of nitrogens with one attached hydrogen (secondary N) is 2. The summed E-state index contributed by atoms with van der Waals surface area (Å²) in [4.78, 5) is 15.0. The number of rotatable bonds is 8. The van der Waals surface area contributed by atoms with Gasteiger partial charge in [-0.3, -0.25) is 4.79 Å². The summed E-state index contributed by atoms with van der Waals surface area (Å²) in [6.45, 7) is 7.04. The summed E-state index contributed by atoms with van der Waals surface area (Å²) in [5.74, 6) is 0.923. The molecule has 1 amide bonds. The van der Waals surface area contributed by atoms with Crippen LogP contribution in [0.3, 0.4) is 0 Å². The van der Waals surface area contributed by atoms with Gasteiger partial charge in [0.1, 0.15) is 6.33 Å². The zero-order valence-corrected chi connectivity index (χ0v) is 20.4. The Balaban J connectivity index is 1.21. The molecule has 0 bridgehead atoms. The van der Waals surface area contributed by atoms with Gasteiger partial charge >= 0.3 is 0 Å². The Labute approximate surface area is 200 Å². The van der Waals surface area contributed by atoms with E-state index in [1.807, 2.05) is 55.8 Å². The Morgan fingerprint density at radius 1 is 1.12 bits per heavy atom. The number of piperidine rings is 1. The van der Waals surface area contributed by atoms with Crippen molar-refractivity contribution < 1.29 is 4.79 Å². The smallest absolute Gasteiger partial charge is 0.255 e. The monoisotopic (exact) mass is 464 g/mol. The van der Waals surface area contributed by atoms with Crippen LogP contribution in [0.5, 0.6) is 0 Å². The molecule has 1 aliphatic rings. The van der Waals surface area contributed by atoms with Gasteiger partial charge in [-0.15, -0.1) is 10.2 Å². The Bertz CT molecular complexity index is 1070. The summed E-state index contributed by atoms with van der Waals surface area (Å²) in [6.07, 6.45) is 3.98. The third kappa shape index (κ3) is 6.15. The van der Waals surface area contributed by atoms with Gasteiger partial charge in [0.05, 0.1) is 0 Å². The van der Waals surface area contributed by atoms with Crippen LogP contribution in [0.1, 0.15) is 34.3 Å². The zero-order valence-electron chi connectivity index (χ0n) is 19.5. The van der Waals surface area contributed by atoms with Crippen LogP contribution < -0.4 is 15.5 Å². The van der Waals surface area contributed by atoms with Crippen molar-refractivity contribution in [1.29, 1.82) is 0 Å². The largest absolute Gasteiger partial charge is 0.371 e. The molecule has 4 rings (SSSR count). The first-order chi connectivity index (χ1) is 16.0. The number of aryl methyl sites for hydroxylation is 3. The van der Waals surface area contributed by atoms with Crippen LogP contribution in [0.15, 0.2) is 53.9 Å². The van der Waals surface area contributed by atoms with Crippen molar-refractivity contribution in [2.24, 2.45) is 7.05 Å². The normalized spacial score (nSPS) is 14.5. The van der Waals surface area contributed by atoms with Gasteiger partial charge in [0.25, 0.3) is 5.91 Å². The van der Waals surface area contributed by atoms with Crippen LogP contribution in [-0.2, 0) is 7.05 Å². The Hall–Kier alpha value is -2.84. The maximum atomic E-state index is 12.6. The summed E-state index contributed by atoms with van der Waals surface area (Å²) >= 11 is 1.73. The van der Waals surface area contributed by atoms with E-state index in [-0.39, 0.29) is 5.91 Å². The van der Waals surface area contributed by atoms with Gasteiger partial charge in [-0.05, 0) is 62.6 Å². The minimum atomic E-state index is -0.0653. The number of hydrogen-bond acceptors (Lipinski definition) is 6. The lowest BCUT2D eigenvalue weighted by Gasteiger charge is -2.34. The highest BCUT2D eigenvalue weighted by molar-refractivity contribution is 7.99. The van der Waals surface area contributed by atoms with E-state index >= 15 is 0 Å². The molecule has 0 spiro atoms. The summed E-state index contributed by atoms with van der Waals surface area (Å²) in [5, 5.41) is 15.7. The third-order valence-corrected chi connectivity index (χ3v) is 7.08. The number of carbonyl (C=O) groups is 1. The van der Waals surface area contributed by atoms with Crippen LogP contribution in [0.4, 0.5) is 11.4 Å². The van der Waals surface area contributed by atoms with E-state index in [0.717, 1.165) is 60.2 Å². The topological polar surface area (TPSA) is 75.1 Å². The number of amides is 1. The Morgan fingerprint density at radius 3 is 2.55 bits per heavy atom. The molecule has 0 radical (unpaired) electrons. The molecule has 1 fully saturated rings. The third-order valence-electron chi connectivity index (χ3n) is 6.05. The predicted octanol–water partition coefficient (Wildman–Crippen LogP) is 4.03. The molecule has 2 heterocycles. The van der Waals surface area contributed by atoms with Gasteiger partial charge < -0.3 is 20.1 Å². The van der Waals surface area contributed by atoms with Crippen molar-refractivity contribution >= 4 is 29.0 Å². The van der Waals surface area contributed by atoms with E-state index in [1.54, 1.807) is 18.1 Å². The van der Waals surface area contributed by atoms with Crippen molar-refractivity contribution in [2.75, 3.05) is 35.6 Å². The van der Waals surface area contributed by atoms with E-state index in [0.29, 0.717) is 11.6 Å². The van der Waals surface area contributed by atoms with E-state index in [9.17, 15) is 4.79 Å².